The molecule has 0 radical (unpaired) electrons. The predicted molar refractivity (Wildman–Crippen MR) is 98.0 cm³/mol. The zero-order valence-electron chi connectivity index (χ0n) is 14.1. The first kappa shape index (κ1) is 19.7. The van der Waals surface area contributed by atoms with Gasteiger partial charge in [-0.1, -0.05) is 15.9 Å². The van der Waals surface area contributed by atoms with Gasteiger partial charge in [0, 0.05) is 16.1 Å². The molecule has 0 aliphatic heterocycles. The molecule has 7 heteroatoms. The van der Waals surface area contributed by atoms with Gasteiger partial charge in [-0.2, -0.15) is 0 Å². The summed E-state index contributed by atoms with van der Waals surface area (Å²) in [5.41, 5.74) is 0.676. The SMILES string of the molecule is COc1ccc(Br)cc1/C=C/C(=O)OCC(=O)c1cc(F)ccc1OC. The summed E-state index contributed by atoms with van der Waals surface area (Å²) >= 11 is 3.33. The van der Waals surface area contributed by atoms with Gasteiger partial charge in [0.05, 0.1) is 19.8 Å². The number of methoxy groups -OCH3 is 2. The standard InChI is InChI=1S/C19H16BrFO5/c1-24-17-6-4-13(20)9-12(17)3-8-19(23)26-11-16(22)15-10-14(21)5-7-18(15)25-2/h3-10H,11H2,1-2H3/b8-3+. The number of esters is 1. The van der Waals surface area contributed by atoms with Gasteiger partial charge in [-0.15, -0.1) is 0 Å². The third kappa shape index (κ3) is 5.16. The highest BCUT2D eigenvalue weighted by Crippen LogP contribution is 2.24. The summed E-state index contributed by atoms with van der Waals surface area (Å²) in [7, 11) is 2.88. The van der Waals surface area contributed by atoms with Gasteiger partial charge in [0.1, 0.15) is 17.3 Å². The number of benzene rings is 2. The van der Waals surface area contributed by atoms with Crippen LogP contribution in [0.1, 0.15) is 15.9 Å². The summed E-state index contributed by atoms with van der Waals surface area (Å²) in [6.45, 7) is -0.529. The minimum Gasteiger partial charge on any atom is -0.496 e. The number of carbonyl (C=O) groups is 2. The summed E-state index contributed by atoms with van der Waals surface area (Å²) in [6.07, 6.45) is 2.69. The summed E-state index contributed by atoms with van der Waals surface area (Å²) in [5.74, 6) is -1.07. The first-order chi connectivity index (χ1) is 12.4. The van der Waals surface area contributed by atoms with Crippen molar-refractivity contribution in [3.05, 3.63) is 63.9 Å². The van der Waals surface area contributed by atoms with Gasteiger partial charge in [0.15, 0.2) is 6.61 Å². The molecule has 0 bridgehead atoms. The van der Waals surface area contributed by atoms with Gasteiger partial charge in [0.25, 0.3) is 0 Å². The lowest BCUT2D eigenvalue weighted by Gasteiger charge is -2.08. The van der Waals surface area contributed by atoms with Crippen LogP contribution >= 0.6 is 15.9 Å². The molecule has 0 aliphatic rings. The van der Waals surface area contributed by atoms with Crippen LogP contribution in [-0.4, -0.2) is 32.6 Å². The predicted octanol–water partition coefficient (Wildman–Crippen LogP) is 4.04. The number of hydrogen-bond donors (Lipinski definition) is 0. The molecule has 0 aromatic heterocycles. The highest BCUT2D eigenvalue weighted by Gasteiger charge is 2.15. The van der Waals surface area contributed by atoms with Gasteiger partial charge in [0.2, 0.25) is 5.78 Å². The third-order valence-corrected chi connectivity index (χ3v) is 3.89. The van der Waals surface area contributed by atoms with Crippen LogP contribution < -0.4 is 9.47 Å². The number of ether oxygens (including phenoxy) is 3. The molecule has 2 rings (SSSR count). The maximum atomic E-state index is 13.3. The highest BCUT2D eigenvalue weighted by atomic mass is 79.9. The normalized spacial score (nSPS) is 10.6. The maximum Gasteiger partial charge on any atom is 0.331 e. The Bertz CT molecular complexity index is 848. The van der Waals surface area contributed by atoms with Gasteiger partial charge >= 0.3 is 5.97 Å². The van der Waals surface area contributed by atoms with Gasteiger partial charge < -0.3 is 14.2 Å². The average Bonchev–Trinajstić information content (AvgIpc) is 2.64. The van der Waals surface area contributed by atoms with E-state index in [2.05, 4.69) is 15.9 Å². The van der Waals surface area contributed by atoms with Crippen LogP contribution in [0.15, 0.2) is 46.9 Å². The Balaban J connectivity index is 2.02. The van der Waals surface area contributed by atoms with Crippen molar-refractivity contribution in [3.8, 4) is 11.5 Å². The Morgan fingerprint density at radius 3 is 2.46 bits per heavy atom. The number of rotatable bonds is 7. The zero-order chi connectivity index (χ0) is 19.1. The molecule has 0 N–H and O–H groups in total. The van der Waals surface area contributed by atoms with Crippen molar-refractivity contribution in [1.82, 2.24) is 0 Å². The number of carbonyl (C=O) groups excluding carboxylic acids is 2. The van der Waals surface area contributed by atoms with Crippen molar-refractivity contribution in [2.45, 2.75) is 0 Å². The van der Waals surface area contributed by atoms with E-state index in [0.717, 1.165) is 10.5 Å². The van der Waals surface area contributed by atoms with Gasteiger partial charge in [-0.3, -0.25) is 4.79 Å². The maximum absolute atomic E-state index is 13.3. The van der Waals surface area contributed by atoms with E-state index < -0.39 is 24.2 Å². The summed E-state index contributed by atoms with van der Waals surface area (Å²) in [6, 6.07) is 8.87. The molecule has 2 aromatic carbocycles. The van der Waals surface area contributed by atoms with E-state index in [4.69, 9.17) is 14.2 Å². The largest absolute Gasteiger partial charge is 0.496 e. The molecular weight excluding hydrogens is 407 g/mol. The van der Waals surface area contributed by atoms with Gasteiger partial charge in [-0.05, 0) is 42.5 Å². The topological polar surface area (TPSA) is 61.8 Å². The minimum atomic E-state index is -0.712. The fourth-order valence-electron chi connectivity index (χ4n) is 2.15. The number of hydrogen-bond acceptors (Lipinski definition) is 5. The summed E-state index contributed by atoms with van der Waals surface area (Å²) < 4.78 is 29.3. The lowest BCUT2D eigenvalue weighted by Crippen LogP contribution is -2.13. The average molecular weight is 423 g/mol. The third-order valence-electron chi connectivity index (χ3n) is 3.40. The lowest BCUT2D eigenvalue weighted by molar-refractivity contribution is -0.136. The van der Waals surface area contributed by atoms with E-state index in [-0.39, 0.29) is 11.3 Å². The fraction of sp³-hybridized carbons (Fsp3) is 0.158. The second kappa shape index (κ2) is 9.15. The molecule has 0 spiro atoms. The summed E-state index contributed by atoms with van der Waals surface area (Å²) in [4.78, 5) is 24.0. The number of halogens is 2. The van der Waals surface area contributed by atoms with Crippen molar-refractivity contribution >= 4 is 33.8 Å². The van der Waals surface area contributed by atoms with Crippen LogP contribution in [0.4, 0.5) is 4.39 Å². The smallest absolute Gasteiger partial charge is 0.331 e. The van der Waals surface area contributed by atoms with Gasteiger partial charge in [-0.25, -0.2) is 9.18 Å². The first-order valence-electron chi connectivity index (χ1n) is 7.49. The van der Waals surface area contributed by atoms with E-state index >= 15 is 0 Å². The van der Waals surface area contributed by atoms with Crippen molar-refractivity contribution in [2.75, 3.05) is 20.8 Å². The molecule has 0 unspecified atom stereocenters. The van der Waals surface area contributed by atoms with Crippen LogP contribution in [0.25, 0.3) is 6.08 Å². The Labute approximate surface area is 158 Å². The highest BCUT2D eigenvalue weighted by molar-refractivity contribution is 9.10. The zero-order valence-corrected chi connectivity index (χ0v) is 15.7. The second-order valence-corrected chi connectivity index (χ2v) is 6.01. The van der Waals surface area contributed by atoms with Crippen LogP contribution in [0.2, 0.25) is 0 Å². The van der Waals surface area contributed by atoms with E-state index in [1.54, 1.807) is 18.2 Å². The molecule has 0 atom stereocenters. The van der Waals surface area contributed by atoms with E-state index in [1.165, 1.54) is 38.5 Å². The van der Waals surface area contributed by atoms with Crippen molar-refractivity contribution in [2.24, 2.45) is 0 Å². The van der Waals surface area contributed by atoms with Crippen LogP contribution in [-0.2, 0) is 9.53 Å². The molecule has 2 aromatic rings. The van der Waals surface area contributed by atoms with E-state index in [1.807, 2.05) is 0 Å². The van der Waals surface area contributed by atoms with Crippen LogP contribution in [0, 0.1) is 5.82 Å². The van der Waals surface area contributed by atoms with E-state index in [0.29, 0.717) is 11.3 Å². The van der Waals surface area contributed by atoms with Crippen LogP contribution in [0.3, 0.4) is 0 Å². The molecule has 5 nitrogen and oxygen atoms in total. The molecule has 26 heavy (non-hydrogen) atoms. The number of Topliss-reactive ketones (excluding diaryl/α,β-unsaturated/α-hetero) is 1. The Hall–Kier alpha value is -2.67. The second-order valence-electron chi connectivity index (χ2n) is 5.10. The molecule has 136 valence electrons. The van der Waals surface area contributed by atoms with Crippen LogP contribution in [0.5, 0.6) is 11.5 Å². The van der Waals surface area contributed by atoms with E-state index in [9.17, 15) is 14.0 Å². The quantitative estimate of drug-likeness (QED) is 0.382. The minimum absolute atomic E-state index is 0.0120. The Morgan fingerprint density at radius 1 is 1.08 bits per heavy atom. The molecule has 0 saturated carbocycles. The molecule has 0 saturated heterocycles. The molecule has 0 amide bonds. The first-order valence-corrected chi connectivity index (χ1v) is 8.29. The molecule has 0 fully saturated rings. The van der Waals surface area contributed by atoms with Crippen molar-refractivity contribution < 1.29 is 28.2 Å². The fourth-order valence-corrected chi connectivity index (χ4v) is 2.53. The molecule has 0 heterocycles. The molecule has 0 aliphatic carbocycles. The Kier molecular flexibility index (Phi) is 6.91. The molecular formula is C19H16BrFO5. The van der Waals surface area contributed by atoms with Crippen molar-refractivity contribution in [1.29, 1.82) is 0 Å². The summed E-state index contributed by atoms with van der Waals surface area (Å²) in [5, 5.41) is 0. The Morgan fingerprint density at radius 2 is 1.77 bits per heavy atom. The number of ketones is 1. The monoisotopic (exact) mass is 422 g/mol. The van der Waals surface area contributed by atoms with Crippen molar-refractivity contribution in [3.63, 3.8) is 0 Å². The lowest BCUT2D eigenvalue weighted by atomic mass is 10.1.